The van der Waals surface area contributed by atoms with Crippen LogP contribution in [0.4, 0.5) is 5.00 Å². The quantitative estimate of drug-likeness (QED) is 0.603. The highest BCUT2D eigenvalue weighted by Crippen LogP contribution is 2.39. The van der Waals surface area contributed by atoms with E-state index in [1.807, 2.05) is 0 Å². The van der Waals surface area contributed by atoms with E-state index in [4.69, 9.17) is 4.74 Å². The van der Waals surface area contributed by atoms with Gasteiger partial charge >= 0.3 is 5.97 Å². The molecule has 0 saturated carbocycles. The average Bonchev–Trinajstić information content (AvgIpc) is 3.17. The summed E-state index contributed by atoms with van der Waals surface area (Å²) >= 11 is 1.43. The monoisotopic (exact) mass is 490 g/mol. The molecule has 1 aromatic heterocycles. The molecule has 7 nitrogen and oxygen atoms in total. The van der Waals surface area contributed by atoms with Crippen LogP contribution in [-0.4, -0.2) is 44.3 Å². The lowest BCUT2D eigenvalue weighted by Gasteiger charge is -2.29. The van der Waals surface area contributed by atoms with Crippen molar-refractivity contribution in [3.63, 3.8) is 0 Å². The van der Waals surface area contributed by atoms with Gasteiger partial charge in [-0.15, -0.1) is 11.3 Å². The highest BCUT2D eigenvalue weighted by Gasteiger charge is 2.29. The molecule has 1 aliphatic carbocycles. The summed E-state index contributed by atoms with van der Waals surface area (Å²) in [5, 5.41) is 3.37. The molecule has 0 atom stereocenters. The third-order valence-corrected chi connectivity index (χ3v) is 9.49. The van der Waals surface area contributed by atoms with Gasteiger partial charge in [0.15, 0.2) is 0 Å². The number of carbonyl (C=O) groups excluding carboxylic acids is 2. The average molecular weight is 491 g/mol. The number of esters is 1. The second-order valence-electron chi connectivity index (χ2n) is 8.70. The van der Waals surface area contributed by atoms with Crippen molar-refractivity contribution in [3.05, 3.63) is 45.8 Å². The first-order valence-electron chi connectivity index (χ1n) is 11.5. The first-order valence-corrected chi connectivity index (χ1v) is 13.8. The molecule has 2 aromatic rings. The minimum absolute atomic E-state index is 0.187. The Balaban J connectivity index is 1.53. The van der Waals surface area contributed by atoms with Gasteiger partial charge in [-0.2, -0.15) is 4.31 Å². The summed E-state index contributed by atoms with van der Waals surface area (Å²) in [5.41, 5.74) is 1.78. The summed E-state index contributed by atoms with van der Waals surface area (Å²) in [5.74, 6) is -0.260. The third-order valence-electron chi connectivity index (χ3n) is 6.37. The fraction of sp³-hybridized carbons (Fsp3) is 0.500. The van der Waals surface area contributed by atoms with Crippen molar-refractivity contribution in [1.82, 2.24) is 4.31 Å². The standard InChI is InChI=1S/C24H30N2O5S2/c1-3-31-24(28)21-19-6-4-5-7-20(19)32-23(21)25-22(27)17-8-10-18(11-9-17)33(29,30)26-14-12-16(2)13-15-26/h8-11,16H,3-7,12-15H2,1-2H3,(H,25,27). The van der Waals surface area contributed by atoms with E-state index in [-0.39, 0.29) is 17.4 Å². The Morgan fingerprint density at radius 3 is 2.45 bits per heavy atom. The number of aryl methyl sites for hydroxylation is 1. The first-order chi connectivity index (χ1) is 15.8. The predicted molar refractivity (Wildman–Crippen MR) is 128 cm³/mol. The van der Waals surface area contributed by atoms with Gasteiger partial charge in [0.25, 0.3) is 5.91 Å². The van der Waals surface area contributed by atoms with Crippen LogP contribution >= 0.6 is 11.3 Å². The topological polar surface area (TPSA) is 92.8 Å². The number of benzene rings is 1. The molecule has 178 valence electrons. The number of nitrogens with one attached hydrogen (secondary N) is 1. The molecule has 0 unspecified atom stereocenters. The Hall–Kier alpha value is -2.23. The largest absolute Gasteiger partial charge is 0.462 e. The van der Waals surface area contributed by atoms with Gasteiger partial charge in [-0.25, -0.2) is 13.2 Å². The van der Waals surface area contributed by atoms with Crippen molar-refractivity contribution in [2.24, 2.45) is 5.92 Å². The van der Waals surface area contributed by atoms with Crippen molar-refractivity contribution in [3.8, 4) is 0 Å². The maximum atomic E-state index is 12.9. The number of hydrogen-bond donors (Lipinski definition) is 1. The summed E-state index contributed by atoms with van der Waals surface area (Å²) in [6, 6.07) is 6.00. The number of hydrogen-bond acceptors (Lipinski definition) is 6. The molecular formula is C24H30N2O5S2. The molecule has 1 fully saturated rings. The first kappa shape index (κ1) is 23.9. The van der Waals surface area contributed by atoms with Crippen molar-refractivity contribution < 1.29 is 22.7 Å². The Bertz CT molecular complexity index is 1130. The molecule has 2 aliphatic rings. The van der Waals surface area contributed by atoms with Crippen LogP contribution < -0.4 is 5.32 Å². The van der Waals surface area contributed by atoms with Crippen LogP contribution in [0.15, 0.2) is 29.2 Å². The Morgan fingerprint density at radius 2 is 1.79 bits per heavy atom. The van der Waals surface area contributed by atoms with Crippen molar-refractivity contribution in [2.45, 2.75) is 57.3 Å². The fourth-order valence-electron chi connectivity index (χ4n) is 4.40. The van der Waals surface area contributed by atoms with Crippen molar-refractivity contribution in [2.75, 3.05) is 25.0 Å². The summed E-state index contributed by atoms with van der Waals surface area (Å²) in [6.07, 6.45) is 5.48. The molecule has 9 heteroatoms. The zero-order valence-corrected chi connectivity index (χ0v) is 20.7. The van der Waals surface area contributed by atoms with E-state index >= 15 is 0 Å². The van der Waals surface area contributed by atoms with Crippen LogP contribution in [-0.2, 0) is 27.6 Å². The molecule has 1 N–H and O–H groups in total. The number of carbonyl (C=O) groups is 2. The van der Waals surface area contributed by atoms with E-state index in [1.54, 1.807) is 6.92 Å². The number of nitrogens with zero attached hydrogens (tertiary/aromatic N) is 1. The van der Waals surface area contributed by atoms with Gasteiger partial charge in [-0.1, -0.05) is 6.92 Å². The number of thiophene rings is 1. The highest BCUT2D eigenvalue weighted by molar-refractivity contribution is 7.89. The van der Waals surface area contributed by atoms with Gasteiger partial charge in [0.1, 0.15) is 5.00 Å². The number of amides is 1. The second-order valence-corrected chi connectivity index (χ2v) is 11.7. The zero-order valence-electron chi connectivity index (χ0n) is 19.1. The SMILES string of the molecule is CCOC(=O)c1c(NC(=O)c2ccc(S(=O)(=O)N3CCC(C)CC3)cc2)sc2c1CCCC2. The van der Waals surface area contributed by atoms with Gasteiger partial charge in [-0.3, -0.25) is 4.79 Å². The van der Waals surface area contributed by atoms with Crippen molar-refractivity contribution in [1.29, 1.82) is 0 Å². The molecule has 4 rings (SSSR count). The zero-order chi connectivity index (χ0) is 23.6. The lowest BCUT2D eigenvalue weighted by atomic mass is 9.95. The Kier molecular flexibility index (Phi) is 7.21. The number of anilines is 1. The number of fused-ring (bicyclic) bond motifs is 1. The van der Waals surface area contributed by atoms with Crippen LogP contribution in [0.1, 0.15) is 70.7 Å². The maximum absolute atomic E-state index is 12.9. The predicted octanol–water partition coefficient (Wildman–Crippen LogP) is 4.48. The van der Waals surface area contributed by atoms with Gasteiger partial charge < -0.3 is 10.1 Å². The van der Waals surface area contributed by atoms with E-state index in [2.05, 4.69) is 12.2 Å². The van der Waals surface area contributed by atoms with E-state index in [1.165, 1.54) is 39.9 Å². The molecular weight excluding hydrogens is 460 g/mol. The Labute approximate surface area is 199 Å². The van der Waals surface area contributed by atoms with Crippen LogP contribution in [0.3, 0.4) is 0 Å². The molecule has 0 radical (unpaired) electrons. The summed E-state index contributed by atoms with van der Waals surface area (Å²) in [6.45, 7) is 5.20. The smallest absolute Gasteiger partial charge is 0.341 e. The highest BCUT2D eigenvalue weighted by atomic mass is 32.2. The van der Waals surface area contributed by atoms with Crippen LogP contribution in [0.25, 0.3) is 0 Å². The van der Waals surface area contributed by atoms with Gasteiger partial charge in [0.2, 0.25) is 10.0 Å². The van der Waals surface area contributed by atoms with Gasteiger partial charge in [0.05, 0.1) is 17.1 Å². The summed E-state index contributed by atoms with van der Waals surface area (Å²) in [4.78, 5) is 26.9. The summed E-state index contributed by atoms with van der Waals surface area (Å²) in [7, 11) is -3.57. The molecule has 1 aliphatic heterocycles. The fourth-order valence-corrected chi connectivity index (χ4v) is 7.14. The number of sulfonamides is 1. The van der Waals surface area contributed by atoms with E-state index in [0.29, 0.717) is 35.1 Å². The number of piperidine rings is 1. The molecule has 1 saturated heterocycles. The van der Waals surface area contributed by atoms with Crippen LogP contribution in [0, 0.1) is 5.92 Å². The molecule has 1 amide bonds. The van der Waals surface area contributed by atoms with E-state index < -0.39 is 16.0 Å². The minimum Gasteiger partial charge on any atom is -0.462 e. The van der Waals surface area contributed by atoms with Crippen LogP contribution in [0.5, 0.6) is 0 Å². The van der Waals surface area contributed by atoms with Crippen molar-refractivity contribution >= 4 is 38.2 Å². The number of rotatable bonds is 6. The molecule has 33 heavy (non-hydrogen) atoms. The number of ether oxygens (including phenoxy) is 1. The van der Waals surface area contributed by atoms with E-state index in [0.717, 1.165) is 49.0 Å². The van der Waals surface area contributed by atoms with Crippen LogP contribution in [0.2, 0.25) is 0 Å². The third kappa shape index (κ3) is 5.00. The summed E-state index contributed by atoms with van der Waals surface area (Å²) < 4.78 is 32.6. The lowest BCUT2D eigenvalue weighted by molar-refractivity contribution is 0.0526. The molecule has 0 bridgehead atoms. The van der Waals surface area contributed by atoms with Gasteiger partial charge in [-0.05, 0) is 81.2 Å². The second kappa shape index (κ2) is 9.95. The Morgan fingerprint density at radius 1 is 1.12 bits per heavy atom. The molecule has 2 heterocycles. The molecule has 0 spiro atoms. The normalized spacial score (nSPS) is 17.4. The lowest BCUT2D eigenvalue weighted by Crippen LogP contribution is -2.37. The minimum atomic E-state index is -3.57. The van der Waals surface area contributed by atoms with E-state index in [9.17, 15) is 18.0 Å². The maximum Gasteiger partial charge on any atom is 0.341 e. The van der Waals surface area contributed by atoms with Gasteiger partial charge in [0, 0.05) is 23.5 Å². The molecule has 1 aromatic carbocycles.